The maximum absolute atomic E-state index is 9.37. The van der Waals surface area contributed by atoms with Gasteiger partial charge in [0.1, 0.15) is 5.00 Å². The molecule has 1 aromatic carbocycles. The molecule has 0 aliphatic heterocycles. The zero-order valence-electron chi connectivity index (χ0n) is 8.37. The topological polar surface area (TPSA) is 69.0 Å². The Hall–Kier alpha value is -1.30. The number of nitrogens with zero attached hydrogens (tertiary/aromatic N) is 1. The molecule has 2 aromatic rings. The van der Waals surface area contributed by atoms with Gasteiger partial charge in [-0.2, -0.15) is 4.37 Å². The Balaban J connectivity index is 2.34. The molecule has 0 aliphatic rings. The Bertz CT molecular complexity index is 550. The van der Waals surface area contributed by atoms with Gasteiger partial charge in [-0.1, -0.05) is 23.2 Å². The van der Waals surface area contributed by atoms with Gasteiger partial charge in [0.25, 0.3) is 0 Å². The minimum absolute atomic E-state index is 0.166. The van der Waals surface area contributed by atoms with Crippen molar-refractivity contribution in [2.75, 3.05) is 5.32 Å². The smallest absolute Gasteiger partial charge is 0.233 e. The van der Waals surface area contributed by atoms with E-state index in [-0.39, 0.29) is 5.88 Å². The summed E-state index contributed by atoms with van der Waals surface area (Å²) in [6.45, 7) is 0. The van der Waals surface area contributed by atoms with Crippen LogP contribution in [-0.4, -0.2) is 15.7 Å². The molecule has 0 spiro atoms. The van der Waals surface area contributed by atoms with Crippen LogP contribution in [0.15, 0.2) is 18.2 Å². The summed E-state index contributed by atoms with van der Waals surface area (Å²) in [4.78, 5) is 0. The van der Waals surface area contributed by atoms with E-state index in [9.17, 15) is 5.11 Å². The average Bonchev–Trinajstić information content (AvgIpc) is 2.57. The van der Waals surface area contributed by atoms with E-state index in [0.29, 0.717) is 26.3 Å². The van der Waals surface area contributed by atoms with Crippen LogP contribution in [0, 0.1) is 5.41 Å². The SMILES string of the molecule is N=Cc1c(O)nsc1Nc1cc(Cl)cc(Cl)c1. The molecule has 0 fully saturated rings. The maximum Gasteiger partial charge on any atom is 0.233 e. The number of aromatic hydroxyl groups is 1. The Morgan fingerprint density at radius 2 is 1.94 bits per heavy atom. The summed E-state index contributed by atoms with van der Waals surface area (Å²) in [6, 6.07) is 5.01. The molecule has 0 amide bonds. The molecule has 7 heteroatoms. The lowest BCUT2D eigenvalue weighted by molar-refractivity contribution is 0.459. The summed E-state index contributed by atoms with van der Waals surface area (Å²) in [5, 5.41) is 21.1. The van der Waals surface area contributed by atoms with Crippen molar-refractivity contribution in [2.45, 2.75) is 0 Å². The summed E-state index contributed by atoms with van der Waals surface area (Å²) in [5.74, 6) is -0.166. The fourth-order valence-electron chi connectivity index (χ4n) is 1.27. The van der Waals surface area contributed by atoms with Crippen LogP contribution in [0.4, 0.5) is 10.7 Å². The summed E-state index contributed by atoms with van der Waals surface area (Å²) < 4.78 is 3.75. The second-order valence-electron chi connectivity index (χ2n) is 3.18. The summed E-state index contributed by atoms with van der Waals surface area (Å²) in [5.41, 5.74) is 1.01. The monoisotopic (exact) mass is 287 g/mol. The molecule has 3 N–H and O–H groups in total. The van der Waals surface area contributed by atoms with E-state index in [2.05, 4.69) is 9.69 Å². The van der Waals surface area contributed by atoms with Crippen LogP contribution in [0.25, 0.3) is 0 Å². The van der Waals surface area contributed by atoms with E-state index < -0.39 is 0 Å². The standard InChI is InChI=1S/C10H7Cl2N3OS/c11-5-1-6(12)3-7(2-5)14-10-8(4-13)9(16)15-17-10/h1-4,13-14H,(H,15,16). The van der Waals surface area contributed by atoms with Crippen LogP contribution in [0.5, 0.6) is 5.88 Å². The summed E-state index contributed by atoms with van der Waals surface area (Å²) >= 11 is 12.8. The largest absolute Gasteiger partial charge is 0.492 e. The van der Waals surface area contributed by atoms with Crippen molar-refractivity contribution in [1.29, 1.82) is 5.41 Å². The Labute approximate surface area is 111 Å². The van der Waals surface area contributed by atoms with E-state index in [1.54, 1.807) is 18.2 Å². The first kappa shape index (κ1) is 12.2. The molecule has 1 heterocycles. The normalized spacial score (nSPS) is 10.2. The fourth-order valence-corrected chi connectivity index (χ4v) is 2.48. The third kappa shape index (κ3) is 2.69. The van der Waals surface area contributed by atoms with Crippen LogP contribution >= 0.6 is 34.7 Å². The molecule has 0 atom stereocenters. The van der Waals surface area contributed by atoms with Gasteiger partial charge in [0.05, 0.1) is 5.56 Å². The number of benzene rings is 1. The first-order valence-corrected chi connectivity index (χ1v) is 6.05. The number of rotatable bonds is 3. The van der Waals surface area contributed by atoms with Gasteiger partial charge in [-0.25, -0.2) is 0 Å². The number of hydrogen-bond acceptors (Lipinski definition) is 5. The van der Waals surface area contributed by atoms with Crippen molar-refractivity contribution in [3.63, 3.8) is 0 Å². The van der Waals surface area contributed by atoms with Crippen molar-refractivity contribution < 1.29 is 5.11 Å². The van der Waals surface area contributed by atoms with Gasteiger partial charge < -0.3 is 15.8 Å². The van der Waals surface area contributed by atoms with Gasteiger partial charge in [0.2, 0.25) is 5.88 Å². The lowest BCUT2D eigenvalue weighted by Crippen LogP contribution is -1.91. The summed E-state index contributed by atoms with van der Waals surface area (Å²) in [6.07, 6.45) is 1.04. The number of aromatic nitrogens is 1. The highest BCUT2D eigenvalue weighted by Crippen LogP contribution is 2.32. The third-order valence-electron chi connectivity index (χ3n) is 1.97. The van der Waals surface area contributed by atoms with Crippen LogP contribution < -0.4 is 5.32 Å². The Morgan fingerprint density at radius 1 is 1.29 bits per heavy atom. The van der Waals surface area contributed by atoms with E-state index in [1.165, 1.54) is 0 Å². The van der Waals surface area contributed by atoms with Crippen LogP contribution in [0.3, 0.4) is 0 Å². The van der Waals surface area contributed by atoms with Crippen molar-refractivity contribution >= 4 is 51.6 Å². The molecule has 1 aromatic heterocycles. The quantitative estimate of drug-likeness (QED) is 0.750. The van der Waals surface area contributed by atoms with Crippen LogP contribution in [-0.2, 0) is 0 Å². The highest BCUT2D eigenvalue weighted by Gasteiger charge is 2.11. The molecule has 0 radical (unpaired) electrons. The van der Waals surface area contributed by atoms with E-state index in [1.807, 2.05) is 0 Å². The summed E-state index contributed by atoms with van der Waals surface area (Å²) in [7, 11) is 0. The second kappa shape index (κ2) is 4.91. The van der Waals surface area contributed by atoms with Gasteiger partial charge in [-0.05, 0) is 29.7 Å². The molecule has 0 saturated heterocycles. The third-order valence-corrected chi connectivity index (χ3v) is 3.18. The van der Waals surface area contributed by atoms with Crippen molar-refractivity contribution in [2.24, 2.45) is 0 Å². The molecule has 2 rings (SSSR count). The first-order valence-electron chi connectivity index (χ1n) is 4.52. The van der Waals surface area contributed by atoms with Gasteiger partial charge >= 0.3 is 0 Å². The average molecular weight is 288 g/mol. The Morgan fingerprint density at radius 3 is 2.53 bits per heavy atom. The molecule has 88 valence electrons. The highest BCUT2D eigenvalue weighted by atomic mass is 35.5. The van der Waals surface area contributed by atoms with Crippen LogP contribution in [0.1, 0.15) is 5.56 Å². The molecule has 4 nitrogen and oxygen atoms in total. The Kier molecular flexibility index (Phi) is 3.51. The minimum atomic E-state index is -0.166. The molecule has 0 unspecified atom stereocenters. The highest BCUT2D eigenvalue weighted by molar-refractivity contribution is 7.10. The molecule has 0 saturated carbocycles. The van der Waals surface area contributed by atoms with E-state index >= 15 is 0 Å². The first-order chi connectivity index (χ1) is 8.10. The van der Waals surface area contributed by atoms with Gasteiger partial charge in [-0.3, -0.25) is 0 Å². The lowest BCUT2D eigenvalue weighted by atomic mass is 10.3. The van der Waals surface area contributed by atoms with Crippen molar-refractivity contribution in [3.05, 3.63) is 33.8 Å². The second-order valence-corrected chi connectivity index (χ2v) is 4.82. The molecule has 0 aliphatic carbocycles. The molecule has 0 bridgehead atoms. The fraction of sp³-hybridized carbons (Fsp3) is 0. The molecular weight excluding hydrogens is 281 g/mol. The van der Waals surface area contributed by atoms with E-state index in [4.69, 9.17) is 28.6 Å². The molecule has 17 heavy (non-hydrogen) atoms. The van der Waals surface area contributed by atoms with Crippen molar-refractivity contribution in [3.8, 4) is 5.88 Å². The maximum atomic E-state index is 9.37. The van der Waals surface area contributed by atoms with Gasteiger partial charge in [-0.15, -0.1) is 0 Å². The van der Waals surface area contributed by atoms with E-state index in [0.717, 1.165) is 17.7 Å². The number of anilines is 2. The zero-order valence-corrected chi connectivity index (χ0v) is 10.7. The lowest BCUT2D eigenvalue weighted by Gasteiger charge is -2.05. The number of halogens is 2. The van der Waals surface area contributed by atoms with Gasteiger partial charge in [0.15, 0.2) is 0 Å². The molecular formula is C10H7Cl2N3OS. The van der Waals surface area contributed by atoms with Gasteiger partial charge in [0, 0.05) is 21.9 Å². The van der Waals surface area contributed by atoms with Crippen molar-refractivity contribution in [1.82, 2.24) is 4.37 Å². The predicted octanol–water partition coefficient (Wildman–Crippen LogP) is 3.90. The number of nitrogens with one attached hydrogen (secondary N) is 2. The zero-order chi connectivity index (χ0) is 12.4. The predicted molar refractivity (Wildman–Crippen MR) is 71.4 cm³/mol. The minimum Gasteiger partial charge on any atom is -0.492 e. The number of hydrogen-bond donors (Lipinski definition) is 3. The van der Waals surface area contributed by atoms with Crippen LogP contribution in [0.2, 0.25) is 10.0 Å².